The van der Waals surface area contributed by atoms with Gasteiger partial charge in [0.2, 0.25) is 0 Å². The highest BCUT2D eigenvalue weighted by Gasteiger charge is 2.59. The van der Waals surface area contributed by atoms with Gasteiger partial charge in [0.05, 0.1) is 12.7 Å². The third kappa shape index (κ3) is 5.73. The highest BCUT2D eigenvalue weighted by Crippen LogP contribution is 2.67. The molecule has 0 spiro atoms. The van der Waals surface area contributed by atoms with Crippen LogP contribution in [0.2, 0.25) is 0 Å². The minimum Gasteiger partial charge on any atom is -0.394 e. The molecule has 0 amide bonds. The van der Waals surface area contributed by atoms with Gasteiger partial charge in [0.15, 0.2) is 6.29 Å². The van der Waals surface area contributed by atoms with Crippen LogP contribution in [0.3, 0.4) is 0 Å². The Hall–Kier alpha value is -0.500. The molecule has 1 aliphatic heterocycles. The zero-order valence-electron chi connectivity index (χ0n) is 26.7. The maximum Gasteiger partial charge on any atom is 0.186 e. The van der Waals surface area contributed by atoms with Crippen molar-refractivity contribution in [1.82, 2.24) is 0 Å². The van der Waals surface area contributed by atoms with Gasteiger partial charge in [-0.25, -0.2) is 0 Å². The Morgan fingerprint density at radius 3 is 2.39 bits per heavy atom. The summed E-state index contributed by atoms with van der Waals surface area (Å²) in [4.78, 5) is 0. The van der Waals surface area contributed by atoms with Gasteiger partial charge in [-0.15, -0.1) is 0 Å². The minimum atomic E-state index is -1.40. The minimum absolute atomic E-state index is 0.101. The average molecular weight is 577 g/mol. The fourth-order valence-corrected chi connectivity index (χ4v) is 10.8. The van der Waals surface area contributed by atoms with Gasteiger partial charge in [-0.05, 0) is 110 Å². The number of hydrogen-bond donors (Lipinski definition) is 4. The third-order valence-electron chi connectivity index (χ3n) is 13.5. The number of rotatable bonds is 9. The molecule has 4 fully saturated rings. The molecule has 0 aromatic rings. The summed E-state index contributed by atoms with van der Waals surface area (Å²) in [5.41, 5.74) is 2.19. The van der Waals surface area contributed by atoms with E-state index < -0.39 is 37.3 Å². The molecule has 3 saturated carbocycles. The van der Waals surface area contributed by atoms with Crippen LogP contribution in [0.15, 0.2) is 11.6 Å². The molecule has 0 aromatic heterocycles. The second-order valence-electron chi connectivity index (χ2n) is 15.7. The first kappa shape index (κ1) is 31.9. The van der Waals surface area contributed by atoms with Crippen LogP contribution < -0.4 is 0 Å². The van der Waals surface area contributed by atoms with Gasteiger partial charge in [-0.2, -0.15) is 0 Å². The van der Waals surface area contributed by atoms with E-state index in [2.05, 4.69) is 47.6 Å². The Bertz CT molecular complexity index is 918. The molecule has 0 radical (unpaired) electrons. The Morgan fingerprint density at radius 2 is 1.71 bits per heavy atom. The lowest BCUT2D eigenvalue weighted by Crippen LogP contribution is -2.60. The summed E-state index contributed by atoms with van der Waals surface area (Å²) < 4.78 is 11.9. The van der Waals surface area contributed by atoms with Crippen molar-refractivity contribution in [3.63, 3.8) is 0 Å². The molecule has 6 nitrogen and oxygen atoms in total. The van der Waals surface area contributed by atoms with Crippen LogP contribution in [0.5, 0.6) is 0 Å². The molecule has 4 N–H and O–H groups in total. The third-order valence-corrected chi connectivity index (χ3v) is 13.5. The smallest absolute Gasteiger partial charge is 0.186 e. The van der Waals surface area contributed by atoms with E-state index >= 15 is 0 Å². The molecular weight excluding hydrogens is 516 g/mol. The molecular formula is C35H60O6. The van der Waals surface area contributed by atoms with Crippen molar-refractivity contribution in [2.45, 2.75) is 149 Å². The van der Waals surface area contributed by atoms with Crippen LogP contribution in [-0.4, -0.2) is 63.8 Å². The number of aliphatic hydroxyl groups excluding tert-OH is 4. The number of allylic oxidation sites excluding steroid dienone is 1. The van der Waals surface area contributed by atoms with E-state index in [9.17, 15) is 20.4 Å². The highest BCUT2D eigenvalue weighted by atomic mass is 16.7. The molecule has 5 rings (SSSR count). The average Bonchev–Trinajstić information content (AvgIpc) is 3.30. The molecule has 1 saturated heterocycles. The van der Waals surface area contributed by atoms with Gasteiger partial charge in [-0.1, -0.05) is 66.0 Å². The molecule has 1 heterocycles. The van der Waals surface area contributed by atoms with Crippen LogP contribution in [0.25, 0.3) is 0 Å². The predicted octanol–water partition coefficient (Wildman–Crippen LogP) is 5.85. The standard InChI is InChI=1S/C35H60O6/c1-7-22(20(2)3)9-8-21(4)26-12-13-27-25-11-10-23-18-24(14-16-34(23,5)28(25)15-17-35(26,27)6)40-33-32(39)31(38)30(37)29(19-36)41-33/h10,20-22,24-33,36-39H,7-9,11-19H2,1-6H3/t21-,22+,24+,25-,26-,27+,28-,29-,30-,31+,32-,33-,34+,35-/m1/s1. The van der Waals surface area contributed by atoms with E-state index in [0.29, 0.717) is 5.41 Å². The Kier molecular flexibility index (Phi) is 9.71. The maximum atomic E-state index is 10.5. The van der Waals surface area contributed by atoms with E-state index in [1.54, 1.807) is 0 Å². The number of hydrogen-bond acceptors (Lipinski definition) is 6. The van der Waals surface area contributed by atoms with Crippen molar-refractivity contribution >= 4 is 0 Å². The highest BCUT2D eigenvalue weighted by molar-refractivity contribution is 5.25. The second-order valence-corrected chi connectivity index (χ2v) is 15.7. The fourth-order valence-electron chi connectivity index (χ4n) is 10.8. The van der Waals surface area contributed by atoms with Gasteiger partial charge >= 0.3 is 0 Å². The van der Waals surface area contributed by atoms with Gasteiger partial charge < -0.3 is 29.9 Å². The number of ether oxygens (including phenoxy) is 2. The van der Waals surface area contributed by atoms with Gasteiger partial charge in [0, 0.05) is 0 Å². The van der Waals surface area contributed by atoms with Crippen molar-refractivity contribution in [2.75, 3.05) is 6.61 Å². The summed E-state index contributed by atoms with van der Waals surface area (Å²) in [5, 5.41) is 40.4. The lowest BCUT2D eigenvalue weighted by molar-refractivity contribution is -0.313. The van der Waals surface area contributed by atoms with E-state index in [4.69, 9.17) is 9.47 Å². The lowest BCUT2D eigenvalue weighted by Gasteiger charge is -2.58. The quantitative estimate of drug-likeness (QED) is 0.257. The Labute approximate surface area is 249 Å². The molecule has 6 heteroatoms. The molecule has 5 aliphatic rings. The van der Waals surface area contributed by atoms with E-state index in [1.807, 2.05) is 0 Å². The summed E-state index contributed by atoms with van der Waals surface area (Å²) in [7, 11) is 0. The zero-order valence-corrected chi connectivity index (χ0v) is 26.7. The van der Waals surface area contributed by atoms with E-state index in [1.165, 1.54) is 56.9 Å². The summed E-state index contributed by atoms with van der Waals surface area (Å²) in [5.74, 6) is 5.66. The van der Waals surface area contributed by atoms with Crippen LogP contribution in [0.4, 0.5) is 0 Å². The molecule has 14 atom stereocenters. The van der Waals surface area contributed by atoms with Gasteiger partial charge in [-0.3, -0.25) is 0 Å². The summed E-state index contributed by atoms with van der Waals surface area (Å²) in [6.07, 6.45) is 9.92. The fraction of sp³-hybridized carbons (Fsp3) is 0.943. The summed E-state index contributed by atoms with van der Waals surface area (Å²) >= 11 is 0. The zero-order chi connectivity index (χ0) is 29.7. The first-order chi connectivity index (χ1) is 19.4. The van der Waals surface area contributed by atoms with Crippen LogP contribution >= 0.6 is 0 Å². The largest absolute Gasteiger partial charge is 0.394 e. The lowest BCUT2D eigenvalue weighted by atomic mass is 9.47. The molecule has 0 unspecified atom stereocenters. The van der Waals surface area contributed by atoms with Crippen molar-refractivity contribution in [1.29, 1.82) is 0 Å². The summed E-state index contributed by atoms with van der Waals surface area (Å²) in [6, 6.07) is 0. The molecule has 236 valence electrons. The molecule has 4 aliphatic carbocycles. The van der Waals surface area contributed by atoms with Crippen molar-refractivity contribution in [2.24, 2.45) is 52.3 Å². The van der Waals surface area contributed by atoms with Crippen molar-refractivity contribution < 1.29 is 29.9 Å². The van der Waals surface area contributed by atoms with E-state index in [-0.39, 0.29) is 11.5 Å². The van der Waals surface area contributed by atoms with Crippen LogP contribution in [0.1, 0.15) is 112 Å². The van der Waals surface area contributed by atoms with Crippen LogP contribution in [0, 0.1) is 52.3 Å². The Morgan fingerprint density at radius 1 is 0.951 bits per heavy atom. The summed E-state index contributed by atoms with van der Waals surface area (Å²) in [6.45, 7) is 14.5. The maximum absolute atomic E-state index is 10.5. The van der Waals surface area contributed by atoms with Crippen molar-refractivity contribution in [3.8, 4) is 0 Å². The van der Waals surface area contributed by atoms with E-state index in [0.717, 1.165) is 60.7 Å². The van der Waals surface area contributed by atoms with Gasteiger partial charge in [0.1, 0.15) is 24.4 Å². The predicted molar refractivity (Wildman–Crippen MR) is 161 cm³/mol. The topological polar surface area (TPSA) is 99.4 Å². The Balaban J connectivity index is 1.24. The van der Waals surface area contributed by atoms with Crippen molar-refractivity contribution in [3.05, 3.63) is 11.6 Å². The molecule has 0 bridgehead atoms. The number of aliphatic hydroxyl groups is 4. The first-order valence-electron chi connectivity index (χ1n) is 17.1. The second kappa shape index (κ2) is 12.5. The molecule has 41 heavy (non-hydrogen) atoms. The van der Waals surface area contributed by atoms with Crippen LogP contribution in [-0.2, 0) is 9.47 Å². The number of fused-ring (bicyclic) bond motifs is 5. The monoisotopic (exact) mass is 576 g/mol. The normalized spacial score (nSPS) is 47.7. The SMILES string of the molecule is CC[C@@H](CC[C@@H](C)[C@H]1CC[C@H]2[C@H]3CC=C4C[C@@H](O[C@@H]5O[C@H](CO)[C@@H](O)[C@H](O)[C@H]5O)CC[C@]4(C)[C@@H]3CC[C@]12C)C(C)C. The first-order valence-corrected chi connectivity index (χ1v) is 17.1. The molecule has 0 aromatic carbocycles. The van der Waals surface area contributed by atoms with Gasteiger partial charge in [0.25, 0.3) is 0 Å².